The van der Waals surface area contributed by atoms with Crippen LogP contribution >= 0.6 is 11.6 Å². The maximum absolute atomic E-state index is 12.9. The Bertz CT molecular complexity index is 676. The molecule has 0 spiro atoms. The Morgan fingerprint density at radius 1 is 1.04 bits per heavy atom. The molecule has 2 N–H and O–H groups in total. The molecule has 2 amide bonds. The highest BCUT2D eigenvalue weighted by molar-refractivity contribution is 6.33. The molecule has 3 rings (SSSR count). The number of amides is 2. The molecule has 0 heterocycles. The second-order valence-electron chi connectivity index (χ2n) is 8.50. The zero-order valence-corrected chi connectivity index (χ0v) is 17.1. The average Bonchev–Trinajstić information content (AvgIpc) is 2.65. The summed E-state index contributed by atoms with van der Waals surface area (Å²) in [5.41, 5.74) is 0.403. The molecule has 2 fully saturated rings. The molecule has 2 saturated carbocycles. The first-order chi connectivity index (χ1) is 13.0. The SMILES string of the molecule is CC(C)[C@@H](NC(=O)c1ccccc1Cl)C(=O)NC1CCC2CCCCC2C1. The zero-order chi connectivity index (χ0) is 19.4. The molecule has 4 nitrogen and oxygen atoms in total. The fourth-order valence-corrected chi connectivity index (χ4v) is 4.92. The summed E-state index contributed by atoms with van der Waals surface area (Å²) in [4.78, 5) is 25.5. The van der Waals surface area contributed by atoms with Crippen LogP contribution in [0, 0.1) is 17.8 Å². The highest BCUT2D eigenvalue weighted by Gasteiger charge is 2.34. The molecule has 0 bridgehead atoms. The van der Waals surface area contributed by atoms with E-state index >= 15 is 0 Å². The molecule has 2 aliphatic rings. The van der Waals surface area contributed by atoms with E-state index in [4.69, 9.17) is 11.6 Å². The highest BCUT2D eigenvalue weighted by atomic mass is 35.5. The van der Waals surface area contributed by atoms with Gasteiger partial charge in [-0.3, -0.25) is 9.59 Å². The van der Waals surface area contributed by atoms with Crippen molar-refractivity contribution >= 4 is 23.4 Å². The van der Waals surface area contributed by atoms with Gasteiger partial charge in [0.15, 0.2) is 0 Å². The number of halogens is 1. The summed E-state index contributed by atoms with van der Waals surface area (Å²) in [6.07, 6.45) is 8.69. The maximum atomic E-state index is 12.9. The number of benzene rings is 1. The Labute approximate surface area is 167 Å². The molecule has 27 heavy (non-hydrogen) atoms. The van der Waals surface area contributed by atoms with Crippen molar-refractivity contribution in [1.82, 2.24) is 10.6 Å². The third-order valence-corrected chi connectivity index (χ3v) is 6.57. The van der Waals surface area contributed by atoms with E-state index in [2.05, 4.69) is 10.6 Å². The lowest BCUT2D eigenvalue weighted by atomic mass is 9.69. The Balaban J connectivity index is 1.60. The van der Waals surface area contributed by atoms with Crippen molar-refractivity contribution in [3.63, 3.8) is 0 Å². The summed E-state index contributed by atoms with van der Waals surface area (Å²) in [7, 11) is 0. The van der Waals surface area contributed by atoms with Gasteiger partial charge in [-0.05, 0) is 49.1 Å². The number of hydrogen-bond donors (Lipinski definition) is 2. The van der Waals surface area contributed by atoms with Crippen LogP contribution in [0.2, 0.25) is 5.02 Å². The molecule has 2 aliphatic carbocycles. The zero-order valence-electron chi connectivity index (χ0n) is 16.3. The van der Waals surface area contributed by atoms with Gasteiger partial charge in [0.2, 0.25) is 5.91 Å². The van der Waals surface area contributed by atoms with Crippen molar-refractivity contribution in [3.05, 3.63) is 34.9 Å². The first-order valence-corrected chi connectivity index (χ1v) is 10.7. The first kappa shape index (κ1) is 20.2. The summed E-state index contributed by atoms with van der Waals surface area (Å²) in [5, 5.41) is 6.50. The van der Waals surface area contributed by atoms with Gasteiger partial charge in [0, 0.05) is 6.04 Å². The summed E-state index contributed by atoms with van der Waals surface area (Å²) in [5.74, 6) is 1.23. The van der Waals surface area contributed by atoms with E-state index in [0.717, 1.165) is 24.7 Å². The van der Waals surface area contributed by atoms with Crippen LogP contribution in [0.15, 0.2) is 24.3 Å². The number of carbonyl (C=O) groups is 2. The van der Waals surface area contributed by atoms with Gasteiger partial charge in [0.05, 0.1) is 10.6 Å². The van der Waals surface area contributed by atoms with Gasteiger partial charge in [0.1, 0.15) is 6.04 Å². The average molecular weight is 391 g/mol. The second kappa shape index (κ2) is 9.09. The van der Waals surface area contributed by atoms with Gasteiger partial charge in [-0.2, -0.15) is 0 Å². The molecule has 0 aromatic heterocycles. The van der Waals surface area contributed by atoms with Gasteiger partial charge in [-0.25, -0.2) is 0 Å². The topological polar surface area (TPSA) is 58.2 Å². The van der Waals surface area contributed by atoms with Crippen molar-refractivity contribution in [2.45, 2.75) is 70.9 Å². The quantitative estimate of drug-likeness (QED) is 0.773. The first-order valence-electron chi connectivity index (χ1n) is 10.3. The lowest BCUT2D eigenvalue weighted by molar-refractivity contribution is -0.125. The molecule has 0 aliphatic heterocycles. The fourth-order valence-electron chi connectivity index (χ4n) is 4.69. The largest absolute Gasteiger partial charge is 0.352 e. The Morgan fingerprint density at radius 3 is 2.44 bits per heavy atom. The van der Waals surface area contributed by atoms with E-state index in [9.17, 15) is 9.59 Å². The van der Waals surface area contributed by atoms with Gasteiger partial charge in [0.25, 0.3) is 5.91 Å². The van der Waals surface area contributed by atoms with E-state index in [1.807, 2.05) is 13.8 Å². The molecular formula is C22H31ClN2O2. The molecule has 0 radical (unpaired) electrons. The Kier molecular flexibility index (Phi) is 6.80. The monoisotopic (exact) mass is 390 g/mol. The van der Waals surface area contributed by atoms with Crippen LogP contribution in [0.5, 0.6) is 0 Å². The normalized spacial score (nSPS) is 26.1. The standard InChI is InChI=1S/C22H31ClN2O2/c1-14(2)20(25-21(26)18-9-5-6-10-19(18)23)22(27)24-17-12-11-15-7-3-4-8-16(15)13-17/h5-6,9-10,14-17,20H,3-4,7-8,11-13H2,1-2H3,(H,24,27)(H,25,26)/t15?,16?,17?,20-/m1/s1. The van der Waals surface area contributed by atoms with Gasteiger partial charge >= 0.3 is 0 Å². The maximum Gasteiger partial charge on any atom is 0.253 e. The van der Waals surface area contributed by atoms with E-state index in [1.54, 1.807) is 24.3 Å². The third-order valence-electron chi connectivity index (χ3n) is 6.24. The lowest BCUT2D eigenvalue weighted by Crippen LogP contribution is -2.53. The summed E-state index contributed by atoms with van der Waals surface area (Å²) in [6.45, 7) is 3.91. The number of fused-ring (bicyclic) bond motifs is 1. The molecule has 148 valence electrons. The minimum atomic E-state index is -0.558. The number of hydrogen-bond acceptors (Lipinski definition) is 2. The summed E-state index contributed by atoms with van der Waals surface area (Å²) in [6, 6.07) is 6.59. The minimum Gasteiger partial charge on any atom is -0.352 e. The van der Waals surface area contributed by atoms with Crippen molar-refractivity contribution in [3.8, 4) is 0 Å². The minimum absolute atomic E-state index is 0.00228. The molecule has 5 heteroatoms. The lowest BCUT2D eigenvalue weighted by Gasteiger charge is -2.40. The van der Waals surface area contributed by atoms with Crippen LogP contribution in [0.25, 0.3) is 0 Å². The van der Waals surface area contributed by atoms with Crippen molar-refractivity contribution < 1.29 is 9.59 Å². The number of rotatable bonds is 5. The Morgan fingerprint density at radius 2 is 1.74 bits per heavy atom. The number of carbonyl (C=O) groups excluding carboxylic acids is 2. The Hall–Kier alpha value is -1.55. The van der Waals surface area contributed by atoms with Crippen LogP contribution in [-0.2, 0) is 4.79 Å². The van der Waals surface area contributed by atoms with E-state index < -0.39 is 6.04 Å². The van der Waals surface area contributed by atoms with Crippen LogP contribution in [0.1, 0.15) is 69.2 Å². The third kappa shape index (κ3) is 5.04. The van der Waals surface area contributed by atoms with Crippen LogP contribution in [0.4, 0.5) is 0 Å². The van der Waals surface area contributed by atoms with Gasteiger partial charge in [-0.1, -0.05) is 63.3 Å². The van der Waals surface area contributed by atoms with Crippen LogP contribution in [0.3, 0.4) is 0 Å². The predicted octanol–water partition coefficient (Wildman–Crippen LogP) is 4.57. The van der Waals surface area contributed by atoms with Gasteiger partial charge in [-0.15, -0.1) is 0 Å². The van der Waals surface area contributed by atoms with E-state index in [0.29, 0.717) is 10.6 Å². The molecular weight excluding hydrogens is 360 g/mol. The van der Waals surface area contributed by atoms with Gasteiger partial charge < -0.3 is 10.6 Å². The van der Waals surface area contributed by atoms with Crippen LogP contribution in [-0.4, -0.2) is 23.9 Å². The van der Waals surface area contributed by atoms with E-state index in [1.165, 1.54) is 32.1 Å². The highest BCUT2D eigenvalue weighted by Crippen LogP contribution is 2.40. The fraction of sp³-hybridized carbons (Fsp3) is 0.636. The number of nitrogens with one attached hydrogen (secondary N) is 2. The second-order valence-corrected chi connectivity index (χ2v) is 8.91. The van der Waals surface area contributed by atoms with Crippen molar-refractivity contribution in [1.29, 1.82) is 0 Å². The molecule has 1 aromatic rings. The predicted molar refractivity (Wildman–Crippen MR) is 109 cm³/mol. The molecule has 0 saturated heterocycles. The molecule has 1 aromatic carbocycles. The summed E-state index contributed by atoms with van der Waals surface area (Å²) >= 11 is 6.12. The smallest absolute Gasteiger partial charge is 0.253 e. The van der Waals surface area contributed by atoms with E-state index in [-0.39, 0.29) is 23.8 Å². The molecule has 4 atom stereocenters. The molecule has 3 unspecified atom stereocenters. The van der Waals surface area contributed by atoms with Crippen molar-refractivity contribution in [2.24, 2.45) is 17.8 Å². The van der Waals surface area contributed by atoms with Crippen molar-refractivity contribution in [2.75, 3.05) is 0 Å². The van der Waals surface area contributed by atoms with Crippen LogP contribution < -0.4 is 10.6 Å². The summed E-state index contributed by atoms with van der Waals surface area (Å²) < 4.78 is 0.